The molecule has 1 saturated heterocycles. The quantitative estimate of drug-likeness (QED) is 0.933. The summed E-state index contributed by atoms with van der Waals surface area (Å²) in [4.78, 5) is 6.43. The molecular formula is C17H20FN3. The summed E-state index contributed by atoms with van der Waals surface area (Å²) in [6.45, 7) is 4.03. The van der Waals surface area contributed by atoms with E-state index in [0.29, 0.717) is 6.04 Å². The molecule has 1 aliphatic rings. The van der Waals surface area contributed by atoms with Gasteiger partial charge in [-0.1, -0.05) is 6.07 Å². The Morgan fingerprint density at radius 2 is 1.86 bits per heavy atom. The van der Waals surface area contributed by atoms with Crippen molar-refractivity contribution in [2.24, 2.45) is 0 Å². The van der Waals surface area contributed by atoms with Gasteiger partial charge in [0.25, 0.3) is 0 Å². The van der Waals surface area contributed by atoms with Crippen molar-refractivity contribution in [1.82, 2.24) is 4.98 Å². The van der Waals surface area contributed by atoms with Gasteiger partial charge < -0.3 is 10.2 Å². The number of rotatable bonds is 3. The first-order chi connectivity index (χ1) is 10.2. The third kappa shape index (κ3) is 3.32. The average Bonchev–Trinajstić information content (AvgIpc) is 2.53. The van der Waals surface area contributed by atoms with E-state index in [-0.39, 0.29) is 5.82 Å². The van der Waals surface area contributed by atoms with Gasteiger partial charge in [0.15, 0.2) is 0 Å². The molecule has 1 fully saturated rings. The molecule has 2 heterocycles. The smallest absolute Gasteiger partial charge is 0.125 e. The molecule has 3 rings (SSSR count). The molecule has 0 spiro atoms. The summed E-state index contributed by atoms with van der Waals surface area (Å²) in [6.07, 6.45) is 5.77. The minimum absolute atomic E-state index is 0.183. The van der Waals surface area contributed by atoms with E-state index < -0.39 is 0 Å². The molecule has 0 atom stereocenters. The fourth-order valence-corrected chi connectivity index (χ4v) is 2.81. The number of benzene rings is 1. The molecular weight excluding hydrogens is 265 g/mol. The molecule has 110 valence electrons. The number of nitrogens with zero attached hydrogens (tertiary/aromatic N) is 2. The highest BCUT2D eigenvalue weighted by atomic mass is 19.1. The molecule has 3 nitrogen and oxygen atoms in total. The summed E-state index contributed by atoms with van der Waals surface area (Å²) in [5.74, 6) is -0.183. The lowest BCUT2D eigenvalue weighted by molar-refractivity contribution is 0.526. The first-order valence-corrected chi connectivity index (χ1v) is 7.40. The molecule has 1 aliphatic heterocycles. The molecule has 1 aromatic carbocycles. The summed E-state index contributed by atoms with van der Waals surface area (Å²) >= 11 is 0. The molecule has 0 bridgehead atoms. The number of halogens is 1. The van der Waals surface area contributed by atoms with Gasteiger partial charge in [0.2, 0.25) is 0 Å². The van der Waals surface area contributed by atoms with Gasteiger partial charge in [-0.25, -0.2) is 4.39 Å². The number of pyridine rings is 1. The van der Waals surface area contributed by atoms with Crippen LogP contribution < -0.4 is 10.2 Å². The van der Waals surface area contributed by atoms with Crippen LogP contribution in [0.4, 0.5) is 15.8 Å². The number of anilines is 2. The van der Waals surface area contributed by atoms with Gasteiger partial charge >= 0.3 is 0 Å². The summed E-state index contributed by atoms with van der Waals surface area (Å²) in [5, 5.41) is 3.48. The van der Waals surface area contributed by atoms with Gasteiger partial charge in [-0.05, 0) is 49.6 Å². The van der Waals surface area contributed by atoms with E-state index in [2.05, 4.69) is 15.2 Å². The van der Waals surface area contributed by atoms with Crippen molar-refractivity contribution in [2.75, 3.05) is 23.3 Å². The highest BCUT2D eigenvalue weighted by Crippen LogP contribution is 2.23. The Morgan fingerprint density at radius 3 is 2.57 bits per heavy atom. The van der Waals surface area contributed by atoms with Crippen molar-refractivity contribution in [2.45, 2.75) is 25.8 Å². The molecule has 0 amide bonds. The third-order valence-electron chi connectivity index (χ3n) is 4.08. The maximum Gasteiger partial charge on any atom is 0.125 e. The van der Waals surface area contributed by atoms with Crippen LogP contribution >= 0.6 is 0 Å². The summed E-state index contributed by atoms with van der Waals surface area (Å²) in [5.41, 5.74) is 3.23. The highest BCUT2D eigenvalue weighted by molar-refractivity contribution is 5.52. The Morgan fingerprint density at radius 1 is 1.14 bits per heavy atom. The predicted octanol–water partition coefficient (Wildman–Crippen LogP) is 3.61. The minimum Gasteiger partial charge on any atom is -0.382 e. The van der Waals surface area contributed by atoms with E-state index >= 15 is 0 Å². The Labute approximate surface area is 124 Å². The van der Waals surface area contributed by atoms with Crippen LogP contribution in [0.2, 0.25) is 0 Å². The molecule has 0 saturated carbocycles. The van der Waals surface area contributed by atoms with Gasteiger partial charge in [0.1, 0.15) is 5.82 Å². The fraction of sp³-hybridized carbons (Fsp3) is 0.353. The van der Waals surface area contributed by atoms with E-state index in [4.69, 9.17) is 0 Å². The lowest BCUT2D eigenvalue weighted by Crippen LogP contribution is -2.39. The summed E-state index contributed by atoms with van der Waals surface area (Å²) in [7, 11) is 0. The van der Waals surface area contributed by atoms with Crippen molar-refractivity contribution in [3.8, 4) is 0 Å². The number of piperidine rings is 1. The van der Waals surface area contributed by atoms with Gasteiger partial charge in [0, 0.05) is 42.9 Å². The highest BCUT2D eigenvalue weighted by Gasteiger charge is 2.19. The van der Waals surface area contributed by atoms with Crippen LogP contribution in [0, 0.1) is 12.7 Å². The largest absolute Gasteiger partial charge is 0.382 e. The van der Waals surface area contributed by atoms with E-state index in [0.717, 1.165) is 37.2 Å². The Hall–Kier alpha value is -2.10. The summed E-state index contributed by atoms with van der Waals surface area (Å²) in [6, 6.07) is 9.42. The maximum absolute atomic E-state index is 13.3. The molecule has 21 heavy (non-hydrogen) atoms. The van der Waals surface area contributed by atoms with Crippen molar-refractivity contribution < 1.29 is 4.39 Å². The molecule has 0 aliphatic carbocycles. The fourth-order valence-electron chi connectivity index (χ4n) is 2.81. The van der Waals surface area contributed by atoms with Crippen LogP contribution in [0.1, 0.15) is 18.4 Å². The van der Waals surface area contributed by atoms with Crippen LogP contribution in [-0.4, -0.2) is 24.1 Å². The first-order valence-electron chi connectivity index (χ1n) is 7.40. The van der Waals surface area contributed by atoms with Crippen LogP contribution in [-0.2, 0) is 0 Å². The minimum atomic E-state index is -0.183. The second-order valence-corrected chi connectivity index (χ2v) is 5.57. The van der Waals surface area contributed by atoms with E-state index in [1.54, 1.807) is 6.07 Å². The number of aryl methyl sites for hydroxylation is 1. The van der Waals surface area contributed by atoms with Crippen LogP contribution in [0.5, 0.6) is 0 Å². The zero-order valence-corrected chi connectivity index (χ0v) is 12.2. The first kappa shape index (κ1) is 13.9. The predicted molar refractivity (Wildman–Crippen MR) is 84.2 cm³/mol. The van der Waals surface area contributed by atoms with E-state index in [1.807, 2.05) is 37.5 Å². The summed E-state index contributed by atoms with van der Waals surface area (Å²) < 4.78 is 13.3. The monoisotopic (exact) mass is 285 g/mol. The van der Waals surface area contributed by atoms with Crippen molar-refractivity contribution in [1.29, 1.82) is 0 Å². The second kappa shape index (κ2) is 6.12. The molecule has 4 heteroatoms. The number of hydrogen-bond acceptors (Lipinski definition) is 3. The topological polar surface area (TPSA) is 28.2 Å². The van der Waals surface area contributed by atoms with E-state index in [9.17, 15) is 4.39 Å². The van der Waals surface area contributed by atoms with E-state index in [1.165, 1.54) is 11.8 Å². The Bertz CT molecular complexity index is 592. The number of aromatic nitrogens is 1. The van der Waals surface area contributed by atoms with Crippen molar-refractivity contribution in [3.05, 3.63) is 54.1 Å². The molecule has 1 aromatic heterocycles. The zero-order chi connectivity index (χ0) is 14.7. The Kier molecular flexibility index (Phi) is 4.04. The number of nitrogens with one attached hydrogen (secondary N) is 1. The Balaban J connectivity index is 1.60. The second-order valence-electron chi connectivity index (χ2n) is 5.57. The van der Waals surface area contributed by atoms with Gasteiger partial charge in [0.05, 0.1) is 0 Å². The van der Waals surface area contributed by atoms with Gasteiger partial charge in [-0.2, -0.15) is 0 Å². The van der Waals surface area contributed by atoms with Gasteiger partial charge in [-0.3, -0.25) is 4.98 Å². The SMILES string of the molecule is Cc1ccc(F)cc1NC1CCN(c2ccncc2)CC1. The standard InChI is InChI=1S/C17H20FN3/c1-13-2-3-14(18)12-17(13)20-15-6-10-21(11-7-15)16-4-8-19-9-5-16/h2-5,8-9,12,15,20H,6-7,10-11H2,1H3. The normalized spacial score (nSPS) is 16.0. The zero-order valence-electron chi connectivity index (χ0n) is 12.2. The average molecular weight is 285 g/mol. The van der Waals surface area contributed by atoms with Gasteiger partial charge in [-0.15, -0.1) is 0 Å². The molecule has 1 N–H and O–H groups in total. The number of hydrogen-bond donors (Lipinski definition) is 1. The molecule has 0 radical (unpaired) electrons. The molecule has 0 unspecified atom stereocenters. The van der Waals surface area contributed by atoms with Crippen LogP contribution in [0.15, 0.2) is 42.7 Å². The van der Waals surface area contributed by atoms with Crippen molar-refractivity contribution in [3.63, 3.8) is 0 Å². The lowest BCUT2D eigenvalue weighted by atomic mass is 10.0. The lowest BCUT2D eigenvalue weighted by Gasteiger charge is -2.34. The van der Waals surface area contributed by atoms with Crippen LogP contribution in [0.3, 0.4) is 0 Å². The third-order valence-corrected chi connectivity index (χ3v) is 4.08. The molecule has 2 aromatic rings. The van der Waals surface area contributed by atoms with Crippen molar-refractivity contribution >= 4 is 11.4 Å². The maximum atomic E-state index is 13.3. The van der Waals surface area contributed by atoms with Crippen LogP contribution in [0.25, 0.3) is 0 Å².